The molecule has 4 heteroatoms. The number of benzene rings is 1. The van der Waals surface area contributed by atoms with Crippen LogP contribution in [0.15, 0.2) is 24.3 Å². The molecule has 102 valence electrons. The molecule has 3 atom stereocenters. The van der Waals surface area contributed by atoms with Crippen molar-refractivity contribution in [1.29, 1.82) is 0 Å². The second-order valence-corrected chi connectivity index (χ2v) is 6.14. The fourth-order valence-corrected chi connectivity index (χ4v) is 3.03. The quantitative estimate of drug-likeness (QED) is 0.844. The van der Waals surface area contributed by atoms with Crippen LogP contribution in [0.4, 0.5) is 5.69 Å². The van der Waals surface area contributed by atoms with E-state index in [0.717, 1.165) is 17.9 Å². The molecule has 0 radical (unpaired) electrons. The van der Waals surface area contributed by atoms with Gasteiger partial charge in [0.1, 0.15) is 5.75 Å². The topological polar surface area (TPSA) is 49.8 Å². The lowest BCUT2D eigenvalue weighted by Gasteiger charge is -2.45. The van der Waals surface area contributed by atoms with Crippen molar-refractivity contribution < 1.29 is 14.6 Å². The van der Waals surface area contributed by atoms with Crippen LogP contribution in [-0.2, 0) is 4.79 Å². The van der Waals surface area contributed by atoms with Gasteiger partial charge in [-0.15, -0.1) is 0 Å². The second-order valence-electron chi connectivity index (χ2n) is 6.14. The van der Waals surface area contributed by atoms with Gasteiger partial charge in [-0.25, -0.2) is 0 Å². The minimum absolute atomic E-state index is 0.0732. The summed E-state index contributed by atoms with van der Waals surface area (Å²) in [5, 5.41) is 9.94. The lowest BCUT2D eigenvalue weighted by atomic mass is 9.89. The maximum atomic E-state index is 11.9. The molecule has 2 aliphatic rings. The van der Waals surface area contributed by atoms with Crippen LogP contribution in [0.5, 0.6) is 5.75 Å². The molecule has 0 aromatic heterocycles. The van der Waals surface area contributed by atoms with Crippen molar-refractivity contribution in [1.82, 2.24) is 0 Å². The van der Waals surface area contributed by atoms with Crippen molar-refractivity contribution >= 4 is 11.6 Å². The molecular formula is C15H19NO3. The van der Waals surface area contributed by atoms with Crippen LogP contribution in [0.2, 0.25) is 0 Å². The van der Waals surface area contributed by atoms with Crippen molar-refractivity contribution in [3.05, 3.63) is 24.3 Å². The lowest BCUT2D eigenvalue weighted by Crippen LogP contribution is -2.66. The Morgan fingerprint density at radius 2 is 1.89 bits per heavy atom. The van der Waals surface area contributed by atoms with Gasteiger partial charge >= 0.3 is 0 Å². The molecule has 1 amide bonds. The van der Waals surface area contributed by atoms with E-state index in [1.807, 2.05) is 24.3 Å². The molecule has 0 bridgehead atoms. The smallest absolute Gasteiger partial charge is 0.258 e. The molecule has 1 saturated heterocycles. The van der Waals surface area contributed by atoms with Crippen LogP contribution >= 0.6 is 0 Å². The van der Waals surface area contributed by atoms with Crippen LogP contribution in [0.3, 0.4) is 0 Å². The Hall–Kier alpha value is -1.55. The van der Waals surface area contributed by atoms with Gasteiger partial charge in [0.05, 0.1) is 13.2 Å². The molecule has 4 nitrogen and oxygen atoms in total. The van der Waals surface area contributed by atoms with Crippen LogP contribution in [-0.4, -0.2) is 30.3 Å². The average Bonchev–Trinajstić information content (AvgIpc) is 3.02. The van der Waals surface area contributed by atoms with E-state index >= 15 is 0 Å². The molecular weight excluding hydrogens is 242 g/mol. The second kappa shape index (κ2) is 3.97. The number of aliphatic hydroxyl groups excluding tert-OH is 1. The first-order valence-corrected chi connectivity index (χ1v) is 6.61. The number of ether oxygens (including phenoxy) is 1. The van der Waals surface area contributed by atoms with Gasteiger partial charge in [-0.05, 0) is 42.0 Å². The summed E-state index contributed by atoms with van der Waals surface area (Å²) in [7, 11) is 1.61. The van der Waals surface area contributed by atoms with Crippen LogP contribution in [0.25, 0.3) is 0 Å². The highest BCUT2D eigenvalue weighted by atomic mass is 16.5. The van der Waals surface area contributed by atoms with Gasteiger partial charge < -0.3 is 14.7 Å². The molecule has 19 heavy (non-hydrogen) atoms. The van der Waals surface area contributed by atoms with Crippen LogP contribution in [0, 0.1) is 11.3 Å². The first-order chi connectivity index (χ1) is 8.95. The Morgan fingerprint density at radius 1 is 1.32 bits per heavy atom. The summed E-state index contributed by atoms with van der Waals surface area (Å²) in [6.07, 6.45) is 0.225. The van der Waals surface area contributed by atoms with E-state index in [1.165, 1.54) is 0 Å². The standard InChI is InChI=1S/C15H19NO3/c1-15(2)8-11(15)12-13(17)14(18)16(12)9-4-6-10(19-3)7-5-9/h4-7,11-13,17H,8H2,1-3H3/t11-,12+,13-/m1/s1. The van der Waals surface area contributed by atoms with Crippen molar-refractivity contribution in [2.45, 2.75) is 32.4 Å². The highest BCUT2D eigenvalue weighted by Crippen LogP contribution is 2.57. The number of hydrogen-bond acceptors (Lipinski definition) is 3. The largest absolute Gasteiger partial charge is 0.497 e. The van der Waals surface area contributed by atoms with Crippen molar-refractivity contribution in [3.63, 3.8) is 0 Å². The molecule has 0 unspecified atom stereocenters. The molecule has 1 N–H and O–H groups in total. The summed E-state index contributed by atoms with van der Waals surface area (Å²) < 4.78 is 5.12. The zero-order valence-electron chi connectivity index (χ0n) is 11.5. The fourth-order valence-electron chi connectivity index (χ4n) is 3.03. The molecule has 0 spiro atoms. The number of aliphatic hydroxyl groups is 1. The summed E-state index contributed by atoms with van der Waals surface area (Å²) in [5.74, 6) is 0.959. The molecule has 1 aliphatic heterocycles. The summed E-state index contributed by atoms with van der Waals surface area (Å²) in [6.45, 7) is 4.36. The van der Waals surface area contributed by atoms with E-state index in [1.54, 1.807) is 12.0 Å². The molecule has 2 fully saturated rings. The van der Waals surface area contributed by atoms with Crippen molar-refractivity contribution in [2.75, 3.05) is 12.0 Å². The zero-order chi connectivity index (χ0) is 13.8. The SMILES string of the molecule is COc1ccc(N2C(=O)[C@H](O)[C@@H]2[C@H]2CC2(C)C)cc1. The number of methoxy groups -OCH3 is 1. The Bertz CT molecular complexity index is 509. The Labute approximate surface area is 113 Å². The number of rotatable bonds is 3. The number of anilines is 1. The van der Waals surface area contributed by atoms with E-state index in [4.69, 9.17) is 4.74 Å². The van der Waals surface area contributed by atoms with E-state index in [0.29, 0.717) is 5.92 Å². The maximum Gasteiger partial charge on any atom is 0.258 e. The average molecular weight is 261 g/mol. The Kier molecular flexibility index (Phi) is 2.61. The number of hydrogen-bond donors (Lipinski definition) is 1. The van der Waals surface area contributed by atoms with Gasteiger partial charge in [0.15, 0.2) is 6.10 Å². The number of nitrogens with zero attached hydrogens (tertiary/aromatic N) is 1. The predicted octanol–water partition coefficient (Wildman–Crippen LogP) is 1.82. The molecule has 3 rings (SSSR count). The summed E-state index contributed by atoms with van der Waals surface area (Å²) >= 11 is 0. The summed E-state index contributed by atoms with van der Waals surface area (Å²) in [6, 6.07) is 7.33. The molecule has 1 aromatic rings. The number of carbonyl (C=O) groups is 1. The normalized spacial score (nSPS) is 31.9. The minimum atomic E-state index is -0.839. The molecule has 1 saturated carbocycles. The monoisotopic (exact) mass is 261 g/mol. The first kappa shape index (κ1) is 12.5. The third-order valence-corrected chi connectivity index (χ3v) is 4.46. The first-order valence-electron chi connectivity index (χ1n) is 6.61. The third-order valence-electron chi connectivity index (χ3n) is 4.46. The van der Waals surface area contributed by atoms with Gasteiger partial charge in [0.2, 0.25) is 0 Å². The van der Waals surface area contributed by atoms with Gasteiger partial charge in [0, 0.05) is 5.69 Å². The van der Waals surface area contributed by atoms with Crippen LogP contribution in [0.1, 0.15) is 20.3 Å². The van der Waals surface area contributed by atoms with Crippen molar-refractivity contribution in [3.8, 4) is 5.75 Å². The zero-order valence-corrected chi connectivity index (χ0v) is 11.5. The van der Waals surface area contributed by atoms with Gasteiger partial charge in [0.25, 0.3) is 5.91 Å². The van der Waals surface area contributed by atoms with Crippen molar-refractivity contribution in [2.24, 2.45) is 11.3 Å². The van der Waals surface area contributed by atoms with E-state index < -0.39 is 6.10 Å². The van der Waals surface area contributed by atoms with Gasteiger partial charge in [-0.3, -0.25) is 4.79 Å². The van der Waals surface area contributed by atoms with E-state index in [9.17, 15) is 9.90 Å². The van der Waals surface area contributed by atoms with E-state index in [-0.39, 0.29) is 17.4 Å². The Morgan fingerprint density at radius 3 is 2.37 bits per heavy atom. The third kappa shape index (κ3) is 1.82. The summed E-state index contributed by atoms with van der Waals surface area (Å²) in [4.78, 5) is 13.6. The lowest BCUT2D eigenvalue weighted by molar-refractivity contribution is -0.137. The van der Waals surface area contributed by atoms with Gasteiger partial charge in [-0.2, -0.15) is 0 Å². The van der Waals surface area contributed by atoms with Gasteiger partial charge in [-0.1, -0.05) is 13.8 Å². The molecule has 1 aliphatic carbocycles. The predicted molar refractivity (Wildman–Crippen MR) is 72.2 cm³/mol. The number of amides is 1. The highest BCUT2D eigenvalue weighted by Gasteiger charge is 2.61. The Balaban J connectivity index is 1.84. The number of β-lactam (4-membered cyclic amide) rings is 1. The molecule has 1 heterocycles. The minimum Gasteiger partial charge on any atom is -0.497 e. The highest BCUT2D eigenvalue weighted by molar-refractivity contribution is 6.04. The maximum absolute atomic E-state index is 11.9. The van der Waals surface area contributed by atoms with E-state index in [2.05, 4.69) is 13.8 Å². The summed E-state index contributed by atoms with van der Waals surface area (Å²) in [5.41, 5.74) is 1.07. The molecule has 1 aromatic carbocycles. The fraction of sp³-hybridized carbons (Fsp3) is 0.533. The van der Waals surface area contributed by atoms with Crippen LogP contribution < -0.4 is 9.64 Å². The number of carbonyl (C=O) groups excluding carboxylic acids is 1.